The van der Waals surface area contributed by atoms with Crippen molar-refractivity contribution < 1.29 is 19.4 Å². The zero-order valence-electron chi connectivity index (χ0n) is 15.5. The first-order valence-corrected chi connectivity index (χ1v) is 9.47. The summed E-state index contributed by atoms with van der Waals surface area (Å²) in [4.78, 5) is 25.7. The highest BCUT2D eigenvalue weighted by Crippen LogP contribution is 2.25. The van der Waals surface area contributed by atoms with E-state index in [0.717, 1.165) is 44.9 Å². The molecule has 1 saturated carbocycles. The zero-order valence-corrected chi connectivity index (χ0v) is 15.5. The number of nitrogens with one attached hydrogen (secondary N) is 2. The third-order valence-corrected chi connectivity index (χ3v) is 5.09. The fraction of sp³-hybridized carbons (Fsp3) is 0.889. The SMILES string of the molecule is CN(C)CC(=O)N[C@H]1CC[C@H](CCNC(=O)C2CCCC2)O[C@@H]1CO. The molecule has 2 rings (SSSR count). The minimum Gasteiger partial charge on any atom is -0.394 e. The van der Waals surface area contributed by atoms with Gasteiger partial charge in [0.2, 0.25) is 11.8 Å². The van der Waals surface area contributed by atoms with Gasteiger partial charge in [-0.05, 0) is 46.2 Å². The number of nitrogens with zero attached hydrogens (tertiary/aromatic N) is 1. The monoisotopic (exact) mass is 355 g/mol. The molecular weight excluding hydrogens is 322 g/mol. The second-order valence-corrected chi connectivity index (χ2v) is 7.53. The Morgan fingerprint density at radius 2 is 1.88 bits per heavy atom. The van der Waals surface area contributed by atoms with Gasteiger partial charge in [0.25, 0.3) is 0 Å². The summed E-state index contributed by atoms with van der Waals surface area (Å²) in [6.45, 7) is 0.818. The van der Waals surface area contributed by atoms with Crippen molar-refractivity contribution in [1.82, 2.24) is 15.5 Å². The third-order valence-electron chi connectivity index (χ3n) is 5.09. The molecule has 2 fully saturated rings. The summed E-state index contributed by atoms with van der Waals surface area (Å²) in [6.07, 6.45) is 6.31. The van der Waals surface area contributed by atoms with Gasteiger partial charge in [0.05, 0.1) is 25.3 Å². The smallest absolute Gasteiger partial charge is 0.234 e. The van der Waals surface area contributed by atoms with Gasteiger partial charge in [-0.25, -0.2) is 0 Å². The number of rotatable bonds is 8. The van der Waals surface area contributed by atoms with Gasteiger partial charge in [-0.15, -0.1) is 0 Å². The molecule has 0 spiro atoms. The summed E-state index contributed by atoms with van der Waals surface area (Å²) in [5, 5.41) is 15.5. The zero-order chi connectivity index (χ0) is 18.2. The van der Waals surface area contributed by atoms with Crippen LogP contribution in [0.2, 0.25) is 0 Å². The Kier molecular flexibility index (Phi) is 8.12. The summed E-state index contributed by atoms with van der Waals surface area (Å²) in [5.74, 6) is 0.300. The Labute approximate surface area is 150 Å². The topological polar surface area (TPSA) is 90.9 Å². The van der Waals surface area contributed by atoms with Crippen molar-refractivity contribution >= 4 is 11.8 Å². The van der Waals surface area contributed by atoms with Gasteiger partial charge in [0.15, 0.2) is 0 Å². The summed E-state index contributed by atoms with van der Waals surface area (Å²) in [6, 6.07) is -0.151. The molecule has 7 nitrogen and oxygen atoms in total. The highest BCUT2D eigenvalue weighted by molar-refractivity contribution is 5.79. The van der Waals surface area contributed by atoms with Crippen molar-refractivity contribution in [3.8, 4) is 0 Å². The van der Waals surface area contributed by atoms with Gasteiger partial charge in [-0.3, -0.25) is 9.59 Å². The highest BCUT2D eigenvalue weighted by Gasteiger charge is 2.32. The van der Waals surface area contributed by atoms with Crippen molar-refractivity contribution in [2.45, 2.75) is 63.2 Å². The number of hydrogen-bond donors (Lipinski definition) is 3. The Morgan fingerprint density at radius 3 is 2.52 bits per heavy atom. The Hall–Kier alpha value is -1.18. The average Bonchev–Trinajstić information content (AvgIpc) is 3.09. The van der Waals surface area contributed by atoms with E-state index >= 15 is 0 Å². The quantitative estimate of drug-likeness (QED) is 0.581. The van der Waals surface area contributed by atoms with E-state index in [9.17, 15) is 14.7 Å². The van der Waals surface area contributed by atoms with Gasteiger partial charge in [0, 0.05) is 12.5 Å². The molecule has 0 aromatic rings. The first-order chi connectivity index (χ1) is 12.0. The van der Waals surface area contributed by atoms with Crippen LogP contribution in [0.4, 0.5) is 0 Å². The van der Waals surface area contributed by atoms with E-state index in [1.54, 1.807) is 0 Å². The minimum absolute atomic E-state index is 0.0167. The first-order valence-electron chi connectivity index (χ1n) is 9.47. The maximum Gasteiger partial charge on any atom is 0.234 e. The molecule has 144 valence electrons. The van der Waals surface area contributed by atoms with Gasteiger partial charge >= 0.3 is 0 Å². The molecule has 2 amide bonds. The molecule has 25 heavy (non-hydrogen) atoms. The van der Waals surface area contributed by atoms with Crippen LogP contribution in [0.25, 0.3) is 0 Å². The van der Waals surface area contributed by atoms with Crippen molar-refractivity contribution in [2.75, 3.05) is 33.8 Å². The highest BCUT2D eigenvalue weighted by atomic mass is 16.5. The van der Waals surface area contributed by atoms with Gasteiger partial charge in [0.1, 0.15) is 6.10 Å². The van der Waals surface area contributed by atoms with Crippen molar-refractivity contribution in [3.63, 3.8) is 0 Å². The molecule has 1 saturated heterocycles. The van der Waals surface area contributed by atoms with Crippen LogP contribution in [-0.2, 0) is 14.3 Å². The lowest BCUT2D eigenvalue weighted by Gasteiger charge is -2.36. The number of carbonyl (C=O) groups is 2. The molecule has 1 aliphatic heterocycles. The molecule has 0 bridgehead atoms. The van der Waals surface area contributed by atoms with Crippen LogP contribution >= 0.6 is 0 Å². The minimum atomic E-state index is -0.379. The van der Waals surface area contributed by atoms with Crippen molar-refractivity contribution in [2.24, 2.45) is 5.92 Å². The second-order valence-electron chi connectivity index (χ2n) is 7.53. The molecule has 0 radical (unpaired) electrons. The lowest BCUT2D eigenvalue weighted by Crippen LogP contribution is -2.52. The molecule has 0 unspecified atom stereocenters. The lowest BCUT2D eigenvalue weighted by atomic mass is 9.97. The van der Waals surface area contributed by atoms with Gasteiger partial charge in [-0.2, -0.15) is 0 Å². The molecule has 3 N–H and O–H groups in total. The maximum absolute atomic E-state index is 12.0. The van der Waals surface area contributed by atoms with E-state index in [4.69, 9.17) is 4.74 Å². The van der Waals surface area contributed by atoms with E-state index in [-0.39, 0.29) is 42.6 Å². The van der Waals surface area contributed by atoms with Crippen LogP contribution in [0.5, 0.6) is 0 Å². The number of likely N-dealkylation sites (N-methyl/N-ethyl adjacent to an activating group) is 1. The fourth-order valence-electron chi connectivity index (χ4n) is 3.74. The Bertz CT molecular complexity index is 438. The molecule has 7 heteroatoms. The van der Waals surface area contributed by atoms with E-state index in [0.29, 0.717) is 13.1 Å². The lowest BCUT2D eigenvalue weighted by molar-refractivity contribution is -0.130. The number of carbonyl (C=O) groups excluding carboxylic acids is 2. The van der Waals surface area contributed by atoms with Crippen LogP contribution in [0.15, 0.2) is 0 Å². The molecule has 1 heterocycles. The number of ether oxygens (including phenoxy) is 1. The van der Waals surface area contributed by atoms with Crippen molar-refractivity contribution in [1.29, 1.82) is 0 Å². The summed E-state index contributed by atoms with van der Waals surface area (Å²) >= 11 is 0. The summed E-state index contributed by atoms with van der Waals surface area (Å²) < 4.78 is 5.93. The normalized spacial score (nSPS) is 27.4. The number of aliphatic hydroxyl groups excluding tert-OH is 1. The standard InChI is InChI=1S/C18H33N3O4/c1-21(2)11-17(23)20-15-8-7-14(25-16(15)12-22)9-10-19-18(24)13-5-3-4-6-13/h13-16,22H,3-12H2,1-2H3,(H,19,24)(H,20,23)/t14-,15+,16-/m1/s1. The van der Waals surface area contributed by atoms with E-state index in [2.05, 4.69) is 10.6 Å². The Balaban J connectivity index is 1.69. The number of aliphatic hydroxyl groups is 1. The predicted molar refractivity (Wildman–Crippen MR) is 95.1 cm³/mol. The molecule has 1 aliphatic carbocycles. The third kappa shape index (κ3) is 6.56. The van der Waals surface area contributed by atoms with E-state index in [1.165, 1.54) is 0 Å². The van der Waals surface area contributed by atoms with E-state index in [1.807, 2.05) is 19.0 Å². The Morgan fingerprint density at radius 1 is 1.16 bits per heavy atom. The van der Waals surface area contributed by atoms with Crippen LogP contribution in [0, 0.1) is 5.92 Å². The van der Waals surface area contributed by atoms with Crippen LogP contribution in [-0.4, -0.2) is 73.9 Å². The molecule has 3 atom stereocenters. The first kappa shape index (κ1) is 20.1. The molecular formula is C18H33N3O4. The van der Waals surface area contributed by atoms with Crippen molar-refractivity contribution in [3.05, 3.63) is 0 Å². The second kappa shape index (κ2) is 10.1. The van der Waals surface area contributed by atoms with Crippen LogP contribution in [0.3, 0.4) is 0 Å². The average molecular weight is 355 g/mol. The number of amides is 2. The summed E-state index contributed by atoms with van der Waals surface area (Å²) in [7, 11) is 3.69. The molecule has 0 aromatic carbocycles. The van der Waals surface area contributed by atoms with Crippen LogP contribution < -0.4 is 10.6 Å². The van der Waals surface area contributed by atoms with Gasteiger partial charge < -0.3 is 25.4 Å². The fourth-order valence-corrected chi connectivity index (χ4v) is 3.74. The van der Waals surface area contributed by atoms with Crippen LogP contribution in [0.1, 0.15) is 44.9 Å². The molecule has 2 aliphatic rings. The largest absolute Gasteiger partial charge is 0.394 e. The van der Waals surface area contributed by atoms with Gasteiger partial charge in [-0.1, -0.05) is 12.8 Å². The number of hydrogen-bond acceptors (Lipinski definition) is 5. The predicted octanol–water partition coefficient (Wildman–Crippen LogP) is 0.269. The van der Waals surface area contributed by atoms with E-state index < -0.39 is 0 Å². The summed E-state index contributed by atoms with van der Waals surface area (Å²) in [5.41, 5.74) is 0. The maximum atomic E-state index is 12.0. The molecule has 0 aromatic heterocycles.